The molecule has 2 rings (SSSR count). The highest BCUT2D eigenvalue weighted by Crippen LogP contribution is 2.13. The molecule has 2 heterocycles. The first-order valence-corrected chi connectivity index (χ1v) is 5.79. The van der Waals surface area contributed by atoms with Crippen LogP contribution < -0.4 is 15.5 Å². The van der Waals surface area contributed by atoms with Crippen molar-refractivity contribution >= 4 is 17.8 Å². The Morgan fingerprint density at radius 2 is 2.06 bits per heavy atom. The summed E-state index contributed by atoms with van der Waals surface area (Å²) < 4.78 is 5.38. The third-order valence-electron chi connectivity index (χ3n) is 2.38. The quantitative estimate of drug-likeness (QED) is 0.514. The Labute approximate surface area is 104 Å². The molecular weight excluding hydrogens is 238 g/mol. The van der Waals surface area contributed by atoms with Crippen LogP contribution in [0.1, 0.15) is 19.2 Å². The number of hydrogen-bond donors (Lipinski definition) is 2. The number of nitrogens with zero attached hydrogens (tertiary/aromatic N) is 3. The minimum absolute atomic E-state index is 0.0514. The van der Waals surface area contributed by atoms with Gasteiger partial charge in [0.1, 0.15) is 13.1 Å². The van der Waals surface area contributed by atoms with Gasteiger partial charge in [-0.2, -0.15) is 0 Å². The fourth-order valence-electron chi connectivity index (χ4n) is 1.59. The first-order chi connectivity index (χ1) is 8.69. The lowest BCUT2D eigenvalue weighted by Gasteiger charge is -2.22. The van der Waals surface area contributed by atoms with Gasteiger partial charge in [0.25, 0.3) is 0 Å². The normalized spacial score (nSPS) is 15.9. The molecular formula is C10H15N5O3. The van der Waals surface area contributed by atoms with Gasteiger partial charge in [0.15, 0.2) is 0 Å². The van der Waals surface area contributed by atoms with E-state index in [1.54, 1.807) is 0 Å². The van der Waals surface area contributed by atoms with E-state index in [1.165, 1.54) is 4.90 Å². The van der Waals surface area contributed by atoms with Crippen LogP contribution in [0.15, 0.2) is 4.42 Å². The van der Waals surface area contributed by atoms with Gasteiger partial charge in [-0.05, 0) is 13.0 Å². The van der Waals surface area contributed by atoms with Gasteiger partial charge in [0.05, 0.1) is 6.54 Å². The fourth-order valence-corrected chi connectivity index (χ4v) is 1.59. The number of rotatable bonds is 5. The van der Waals surface area contributed by atoms with Crippen LogP contribution >= 0.6 is 0 Å². The number of aromatic nitrogens is 2. The Balaban J connectivity index is 1.96. The first-order valence-electron chi connectivity index (χ1n) is 5.79. The molecule has 0 aromatic carbocycles. The predicted molar refractivity (Wildman–Crippen MR) is 61.7 cm³/mol. The van der Waals surface area contributed by atoms with Crippen molar-refractivity contribution in [3.63, 3.8) is 0 Å². The molecule has 0 atom stereocenters. The van der Waals surface area contributed by atoms with Crippen LogP contribution in [-0.2, 0) is 16.1 Å². The minimum atomic E-state index is -0.366. The Hall–Kier alpha value is -1.96. The summed E-state index contributed by atoms with van der Waals surface area (Å²) in [5, 5.41) is 13.0. The average molecular weight is 253 g/mol. The summed E-state index contributed by atoms with van der Waals surface area (Å²) in [5.74, 6) is -0.290. The molecule has 0 saturated carbocycles. The lowest BCUT2D eigenvalue weighted by molar-refractivity contribution is -0.130. The van der Waals surface area contributed by atoms with Crippen molar-refractivity contribution in [1.82, 2.24) is 20.8 Å². The van der Waals surface area contributed by atoms with Gasteiger partial charge in [0.2, 0.25) is 17.7 Å². The summed E-state index contributed by atoms with van der Waals surface area (Å²) in [7, 11) is 0. The van der Waals surface area contributed by atoms with E-state index < -0.39 is 0 Å². The van der Waals surface area contributed by atoms with Crippen LogP contribution in [0.5, 0.6) is 0 Å². The second-order valence-corrected chi connectivity index (χ2v) is 3.98. The van der Waals surface area contributed by atoms with E-state index >= 15 is 0 Å². The second-order valence-electron chi connectivity index (χ2n) is 3.98. The monoisotopic (exact) mass is 253 g/mol. The molecule has 1 aromatic rings. The van der Waals surface area contributed by atoms with Crippen molar-refractivity contribution in [2.24, 2.45) is 0 Å². The minimum Gasteiger partial charge on any atom is -0.407 e. The summed E-state index contributed by atoms with van der Waals surface area (Å²) in [6.07, 6.45) is 1.02. The number of nitrogens with one attached hydrogen (secondary N) is 2. The van der Waals surface area contributed by atoms with Gasteiger partial charge in [-0.3, -0.25) is 14.9 Å². The predicted octanol–water partition coefficient (Wildman–Crippen LogP) is -0.968. The number of amides is 2. The number of hydrogen-bond acceptors (Lipinski definition) is 7. The molecule has 1 aromatic heterocycles. The van der Waals surface area contributed by atoms with Crippen LogP contribution in [0.2, 0.25) is 0 Å². The summed E-state index contributed by atoms with van der Waals surface area (Å²) in [5.41, 5.74) is 0. The van der Waals surface area contributed by atoms with Gasteiger partial charge in [-0.1, -0.05) is 12.0 Å². The zero-order chi connectivity index (χ0) is 13.0. The van der Waals surface area contributed by atoms with Crippen LogP contribution in [0.3, 0.4) is 0 Å². The number of imide groups is 1. The Bertz CT molecular complexity index is 428. The summed E-state index contributed by atoms with van der Waals surface area (Å²) in [6, 6.07) is 0.200. The number of anilines is 1. The fraction of sp³-hybridized carbons (Fsp3) is 0.600. The number of carbonyl (C=O) groups is 2. The molecule has 8 nitrogen and oxygen atoms in total. The largest absolute Gasteiger partial charge is 0.407 e. The molecule has 2 amide bonds. The molecule has 1 aliphatic rings. The standard InChI is InChI=1S/C10H15N5O3/c1-2-3-11-4-9-13-14-10(18-9)15-5-7(16)12-8(17)6-15/h11H,2-6H2,1H3,(H,12,16,17). The maximum Gasteiger partial charge on any atom is 0.319 e. The lowest BCUT2D eigenvalue weighted by Crippen LogP contribution is -2.51. The van der Waals surface area contributed by atoms with Gasteiger partial charge in [0, 0.05) is 0 Å². The number of piperazine rings is 1. The third-order valence-corrected chi connectivity index (χ3v) is 2.38. The van der Waals surface area contributed by atoms with E-state index in [0.717, 1.165) is 13.0 Å². The smallest absolute Gasteiger partial charge is 0.319 e. The van der Waals surface area contributed by atoms with E-state index in [2.05, 4.69) is 27.8 Å². The Morgan fingerprint density at radius 3 is 2.72 bits per heavy atom. The van der Waals surface area contributed by atoms with Gasteiger partial charge < -0.3 is 14.6 Å². The van der Waals surface area contributed by atoms with Crippen molar-refractivity contribution in [2.45, 2.75) is 19.9 Å². The Morgan fingerprint density at radius 1 is 1.33 bits per heavy atom. The summed E-state index contributed by atoms with van der Waals surface area (Å²) in [4.78, 5) is 23.9. The van der Waals surface area contributed by atoms with Gasteiger partial charge in [-0.25, -0.2) is 0 Å². The van der Waals surface area contributed by atoms with Crippen molar-refractivity contribution in [3.8, 4) is 0 Å². The molecule has 1 aliphatic heterocycles. The van der Waals surface area contributed by atoms with Crippen LogP contribution in [0, 0.1) is 0 Å². The maximum atomic E-state index is 11.2. The molecule has 0 spiro atoms. The lowest BCUT2D eigenvalue weighted by atomic mass is 10.4. The third kappa shape index (κ3) is 3.04. The molecule has 0 aliphatic carbocycles. The molecule has 0 unspecified atom stereocenters. The second kappa shape index (κ2) is 5.58. The topological polar surface area (TPSA) is 100 Å². The van der Waals surface area contributed by atoms with Crippen LogP contribution in [0.25, 0.3) is 0 Å². The Kier molecular flexibility index (Phi) is 3.88. The van der Waals surface area contributed by atoms with Crippen molar-refractivity contribution < 1.29 is 14.0 Å². The van der Waals surface area contributed by atoms with E-state index in [1.807, 2.05) is 0 Å². The van der Waals surface area contributed by atoms with Crippen molar-refractivity contribution in [1.29, 1.82) is 0 Å². The van der Waals surface area contributed by atoms with Gasteiger partial charge >= 0.3 is 6.01 Å². The van der Waals surface area contributed by atoms with Crippen LogP contribution in [0.4, 0.5) is 6.01 Å². The molecule has 98 valence electrons. The molecule has 2 N–H and O–H groups in total. The maximum absolute atomic E-state index is 11.2. The first kappa shape index (κ1) is 12.5. The zero-order valence-electron chi connectivity index (χ0n) is 10.1. The zero-order valence-corrected chi connectivity index (χ0v) is 10.1. The highest BCUT2D eigenvalue weighted by Gasteiger charge is 2.26. The summed E-state index contributed by atoms with van der Waals surface area (Å²) in [6.45, 7) is 3.51. The highest BCUT2D eigenvalue weighted by molar-refractivity contribution is 6.02. The average Bonchev–Trinajstić information content (AvgIpc) is 2.77. The SMILES string of the molecule is CCCNCc1nnc(N2CC(=O)NC(=O)C2)o1. The van der Waals surface area contributed by atoms with E-state index in [0.29, 0.717) is 12.4 Å². The number of carbonyl (C=O) groups excluding carboxylic acids is 2. The molecule has 18 heavy (non-hydrogen) atoms. The highest BCUT2D eigenvalue weighted by atomic mass is 16.4. The molecule has 0 radical (unpaired) electrons. The van der Waals surface area contributed by atoms with Crippen molar-refractivity contribution in [2.75, 3.05) is 24.5 Å². The van der Waals surface area contributed by atoms with E-state index in [-0.39, 0.29) is 30.9 Å². The van der Waals surface area contributed by atoms with Gasteiger partial charge in [-0.15, -0.1) is 5.10 Å². The molecule has 1 saturated heterocycles. The van der Waals surface area contributed by atoms with E-state index in [9.17, 15) is 9.59 Å². The van der Waals surface area contributed by atoms with Crippen molar-refractivity contribution in [3.05, 3.63) is 5.89 Å². The van der Waals surface area contributed by atoms with Crippen LogP contribution in [-0.4, -0.2) is 41.6 Å². The molecule has 8 heteroatoms. The molecule has 0 bridgehead atoms. The summed E-state index contributed by atoms with van der Waals surface area (Å²) >= 11 is 0. The van der Waals surface area contributed by atoms with E-state index in [4.69, 9.17) is 4.42 Å². The molecule has 1 fully saturated rings.